The Morgan fingerprint density at radius 1 is 1.25 bits per heavy atom. The Hall–Kier alpha value is -2.17. The number of aryl methyl sites for hydroxylation is 2. The minimum atomic E-state index is -4.00. The van der Waals surface area contributed by atoms with Gasteiger partial charge >= 0.3 is 5.97 Å². The third-order valence-electron chi connectivity index (χ3n) is 5.71. The standard InChI is InChI=1S/C22H24ClNO7S/c1-13-3-4-19(5-14(13)2)32(27,28)24-9-18(25)8-20(24)22(26)30-11-16-7-17(23)6-15-10-29-12-31-21(15)16/h3-7,18,20,25H,8-12H2,1-2H3. The summed E-state index contributed by atoms with van der Waals surface area (Å²) in [6.07, 6.45) is -1.01. The van der Waals surface area contributed by atoms with Gasteiger partial charge in [0, 0.05) is 29.1 Å². The average molecular weight is 482 g/mol. The van der Waals surface area contributed by atoms with E-state index >= 15 is 0 Å². The van der Waals surface area contributed by atoms with Crippen LogP contribution in [0.3, 0.4) is 0 Å². The lowest BCUT2D eigenvalue weighted by atomic mass is 10.1. The highest BCUT2D eigenvalue weighted by Crippen LogP contribution is 2.33. The van der Waals surface area contributed by atoms with Gasteiger partial charge in [-0.3, -0.25) is 4.79 Å². The van der Waals surface area contributed by atoms with Crippen molar-refractivity contribution in [2.24, 2.45) is 0 Å². The Kier molecular flexibility index (Phi) is 6.46. The molecule has 0 bridgehead atoms. The first-order valence-corrected chi connectivity index (χ1v) is 11.9. The molecular weight excluding hydrogens is 458 g/mol. The molecule has 2 aliphatic rings. The quantitative estimate of drug-likeness (QED) is 0.655. The van der Waals surface area contributed by atoms with Crippen molar-refractivity contribution >= 4 is 27.6 Å². The summed E-state index contributed by atoms with van der Waals surface area (Å²) in [6.45, 7) is 3.78. The number of nitrogens with zero attached hydrogens (tertiary/aromatic N) is 1. The number of aliphatic hydroxyl groups is 1. The van der Waals surface area contributed by atoms with Crippen molar-refractivity contribution in [2.45, 2.75) is 50.5 Å². The molecule has 1 fully saturated rings. The normalized spacial score (nSPS) is 21.1. The molecule has 0 spiro atoms. The van der Waals surface area contributed by atoms with Crippen LogP contribution in [0.4, 0.5) is 0 Å². The maximum Gasteiger partial charge on any atom is 0.324 e. The molecule has 172 valence electrons. The second kappa shape index (κ2) is 8.99. The number of halogens is 1. The van der Waals surface area contributed by atoms with Gasteiger partial charge in [0.15, 0.2) is 6.79 Å². The Labute approximate surface area is 191 Å². The fraction of sp³-hybridized carbons (Fsp3) is 0.409. The summed E-state index contributed by atoms with van der Waals surface area (Å²) in [6, 6.07) is 7.00. The van der Waals surface area contributed by atoms with Gasteiger partial charge in [-0.15, -0.1) is 0 Å². The molecule has 2 aliphatic heterocycles. The van der Waals surface area contributed by atoms with Crippen LogP contribution in [0, 0.1) is 13.8 Å². The first kappa shape index (κ1) is 23.0. The van der Waals surface area contributed by atoms with Gasteiger partial charge in [-0.1, -0.05) is 17.7 Å². The van der Waals surface area contributed by atoms with Crippen LogP contribution in [0.5, 0.6) is 5.75 Å². The van der Waals surface area contributed by atoms with Gasteiger partial charge in [0.25, 0.3) is 0 Å². The van der Waals surface area contributed by atoms with Gasteiger partial charge in [0.1, 0.15) is 18.4 Å². The highest BCUT2D eigenvalue weighted by Gasteiger charge is 2.44. The molecule has 2 heterocycles. The predicted octanol–water partition coefficient (Wildman–Crippen LogP) is 2.69. The zero-order valence-electron chi connectivity index (χ0n) is 17.7. The number of carbonyl (C=O) groups excluding carboxylic acids is 1. The molecule has 0 aromatic heterocycles. The minimum absolute atomic E-state index is 0.0408. The van der Waals surface area contributed by atoms with Crippen LogP contribution >= 0.6 is 11.6 Å². The lowest BCUT2D eigenvalue weighted by Crippen LogP contribution is -2.41. The SMILES string of the molecule is Cc1ccc(S(=O)(=O)N2CC(O)CC2C(=O)OCc2cc(Cl)cc3c2OCOC3)cc1C. The largest absolute Gasteiger partial charge is 0.467 e. The van der Waals surface area contributed by atoms with Crippen molar-refractivity contribution in [3.8, 4) is 5.75 Å². The number of sulfonamides is 1. The molecule has 0 saturated carbocycles. The number of aliphatic hydroxyl groups excluding tert-OH is 1. The molecule has 4 rings (SSSR count). The van der Waals surface area contributed by atoms with E-state index in [0.29, 0.717) is 22.9 Å². The lowest BCUT2D eigenvalue weighted by molar-refractivity contribution is -0.149. The number of rotatable bonds is 5. The van der Waals surface area contributed by atoms with E-state index in [2.05, 4.69) is 0 Å². The highest BCUT2D eigenvalue weighted by atomic mass is 35.5. The number of carbonyl (C=O) groups is 1. The second-order valence-corrected chi connectivity index (χ2v) is 10.3. The lowest BCUT2D eigenvalue weighted by Gasteiger charge is -2.24. The number of hydrogen-bond acceptors (Lipinski definition) is 7. The Morgan fingerprint density at radius 3 is 2.78 bits per heavy atom. The molecule has 8 nitrogen and oxygen atoms in total. The zero-order chi connectivity index (χ0) is 23.0. The molecule has 2 aromatic carbocycles. The van der Waals surface area contributed by atoms with Crippen LogP contribution in [-0.4, -0.2) is 49.3 Å². The third-order valence-corrected chi connectivity index (χ3v) is 7.80. The molecule has 2 atom stereocenters. The van der Waals surface area contributed by atoms with Crippen molar-refractivity contribution in [3.05, 3.63) is 57.6 Å². The first-order chi connectivity index (χ1) is 15.2. The van der Waals surface area contributed by atoms with Crippen LogP contribution in [0.1, 0.15) is 28.7 Å². The van der Waals surface area contributed by atoms with E-state index < -0.39 is 28.1 Å². The fourth-order valence-corrected chi connectivity index (χ4v) is 5.86. The smallest absolute Gasteiger partial charge is 0.324 e. The molecule has 2 unspecified atom stereocenters. The van der Waals surface area contributed by atoms with Crippen LogP contribution < -0.4 is 4.74 Å². The van der Waals surface area contributed by atoms with Crippen molar-refractivity contribution in [1.82, 2.24) is 4.31 Å². The van der Waals surface area contributed by atoms with E-state index in [1.165, 1.54) is 6.07 Å². The van der Waals surface area contributed by atoms with Gasteiger partial charge in [-0.25, -0.2) is 8.42 Å². The summed E-state index contributed by atoms with van der Waals surface area (Å²) in [7, 11) is -4.00. The van der Waals surface area contributed by atoms with E-state index in [4.69, 9.17) is 25.8 Å². The minimum Gasteiger partial charge on any atom is -0.467 e. The Morgan fingerprint density at radius 2 is 2.03 bits per heavy atom. The maximum atomic E-state index is 13.2. The maximum absolute atomic E-state index is 13.2. The Bertz CT molecular complexity index is 1150. The van der Waals surface area contributed by atoms with Crippen LogP contribution in [-0.2, 0) is 37.5 Å². The Balaban J connectivity index is 1.54. The molecule has 2 aromatic rings. The summed E-state index contributed by atoms with van der Waals surface area (Å²) in [5, 5.41) is 10.6. The average Bonchev–Trinajstić information content (AvgIpc) is 3.16. The van der Waals surface area contributed by atoms with Crippen LogP contribution in [0.25, 0.3) is 0 Å². The topological polar surface area (TPSA) is 102 Å². The number of benzene rings is 2. The van der Waals surface area contributed by atoms with Gasteiger partial charge in [0.2, 0.25) is 10.0 Å². The van der Waals surface area contributed by atoms with Gasteiger partial charge in [-0.05, 0) is 49.2 Å². The molecule has 32 heavy (non-hydrogen) atoms. The van der Waals surface area contributed by atoms with Gasteiger partial charge in [0.05, 0.1) is 17.6 Å². The molecule has 0 aliphatic carbocycles. The fourth-order valence-electron chi connectivity index (χ4n) is 3.88. The molecule has 0 amide bonds. The summed E-state index contributed by atoms with van der Waals surface area (Å²) >= 11 is 6.15. The predicted molar refractivity (Wildman–Crippen MR) is 116 cm³/mol. The third kappa shape index (κ3) is 4.49. The van der Waals surface area contributed by atoms with E-state index in [-0.39, 0.29) is 31.3 Å². The number of fused-ring (bicyclic) bond motifs is 1. The van der Waals surface area contributed by atoms with Crippen molar-refractivity contribution in [3.63, 3.8) is 0 Å². The monoisotopic (exact) mass is 481 g/mol. The van der Waals surface area contributed by atoms with Gasteiger partial charge < -0.3 is 19.3 Å². The summed E-state index contributed by atoms with van der Waals surface area (Å²) < 4.78 is 43.7. The van der Waals surface area contributed by atoms with Crippen molar-refractivity contribution in [2.75, 3.05) is 13.3 Å². The zero-order valence-corrected chi connectivity index (χ0v) is 19.3. The van der Waals surface area contributed by atoms with E-state index in [1.54, 1.807) is 24.3 Å². The van der Waals surface area contributed by atoms with Crippen LogP contribution in [0.15, 0.2) is 35.2 Å². The summed E-state index contributed by atoms with van der Waals surface area (Å²) in [5.41, 5.74) is 3.08. The number of hydrogen-bond donors (Lipinski definition) is 1. The first-order valence-electron chi connectivity index (χ1n) is 10.1. The molecule has 10 heteroatoms. The number of ether oxygens (including phenoxy) is 3. The molecule has 1 saturated heterocycles. The van der Waals surface area contributed by atoms with E-state index in [0.717, 1.165) is 21.0 Å². The molecule has 1 N–H and O–H groups in total. The summed E-state index contributed by atoms with van der Waals surface area (Å²) in [5.74, 6) is -0.200. The highest BCUT2D eigenvalue weighted by molar-refractivity contribution is 7.89. The van der Waals surface area contributed by atoms with E-state index in [1.807, 2.05) is 13.8 Å². The van der Waals surface area contributed by atoms with Crippen molar-refractivity contribution in [1.29, 1.82) is 0 Å². The van der Waals surface area contributed by atoms with E-state index in [9.17, 15) is 18.3 Å². The molecule has 0 radical (unpaired) electrons. The van der Waals surface area contributed by atoms with Gasteiger partial charge in [-0.2, -0.15) is 4.31 Å². The number of esters is 1. The molecular formula is C22H24ClNO7S. The van der Waals surface area contributed by atoms with Crippen LogP contribution in [0.2, 0.25) is 5.02 Å². The second-order valence-electron chi connectivity index (χ2n) is 8.00. The summed E-state index contributed by atoms with van der Waals surface area (Å²) in [4.78, 5) is 13.0. The van der Waals surface area contributed by atoms with Crippen molar-refractivity contribution < 1.29 is 32.5 Å². The number of β-amino-alcohol motifs (C(OH)–C–C–N with tert-alkyl or cyclic N) is 1.